The average Bonchev–Trinajstić information content (AvgIpc) is 2.80. The van der Waals surface area contributed by atoms with Gasteiger partial charge in [0.2, 0.25) is 0 Å². The molecule has 6 heteroatoms. The first kappa shape index (κ1) is 19.6. The van der Waals surface area contributed by atoms with Gasteiger partial charge in [-0.2, -0.15) is 0 Å². The van der Waals surface area contributed by atoms with Crippen LogP contribution in [-0.2, 0) is 0 Å². The van der Waals surface area contributed by atoms with Crippen molar-refractivity contribution in [3.63, 3.8) is 0 Å². The van der Waals surface area contributed by atoms with Crippen LogP contribution in [0.5, 0.6) is 0 Å². The summed E-state index contributed by atoms with van der Waals surface area (Å²) in [5.74, 6) is -0.369. The fraction of sp³-hybridized carbons (Fsp3) is 0.208. The van der Waals surface area contributed by atoms with Gasteiger partial charge in [0.1, 0.15) is 5.69 Å². The molecule has 1 aliphatic heterocycles. The van der Waals surface area contributed by atoms with E-state index in [0.29, 0.717) is 11.4 Å². The van der Waals surface area contributed by atoms with Crippen LogP contribution in [0, 0.1) is 10.1 Å². The zero-order valence-corrected chi connectivity index (χ0v) is 16.6. The summed E-state index contributed by atoms with van der Waals surface area (Å²) in [6.45, 7) is 1.60. The predicted molar refractivity (Wildman–Crippen MR) is 119 cm³/mol. The van der Waals surface area contributed by atoms with Crippen molar-refractivity contribution in [2.24, 2.45) is 0 Å². The second-order valence-electron chi connectivity index (χ2n) is 7.37. The minimum atomic E-state index is -0.404. The summed E-state index contributed by atoms with van der Waals surface area (Å²) < 4.78 is 0. The number of nitrogens with one attached hydrogen (secondary N) is 1. The Bertz CT molecular complexity index is 1060. The van der Waals surface area contributed by atoms with Crippen LogP contribution in [0.4, 0.5) is 17.1 Å². The fourth-order valence-electron chi connectivity index (χ4n) is 3.87. The number of anilines is 2. The number of nitro benzene ring substituents is 1. The summed E-state index contributed by atoms with van der Waals surface area (Å²) in [7, 11) is 0. The SMILES string of the molecule is O=C(Nc1ccccc1-c1ccccc1)c1ccc(N2CCCCC2)c([N+](=O)[O-])c1. The average molecular weight is 401 g/mol. The van der Waals surface area contributed by atoms with Crippen LogP contribution in [0.3, 0.4) is 0 Å². The van der Waals surface area contributed by atoms with Gasteiger partial charge < -0.3 is 10.2 Å². The lowest BCUT2D eigenvalue weighted by Gasteiger charge is -2.28. The van der Waals surface area contributed by atoms with Crippen molar-refractivity contribution in [2.45, 2.75) is 19.3 Å². The van der Waals surface area contributed by atoms with Gasteiger partial charge in [-0.05, 0) is 43.0 Å². The summed E-state index contributed by atoms with van der Waals surface area (Å²) in [6.07, 6.45) is 3.19. The van der Waals surface area contributed by atoms with E-state index in [2.05, 4.69) is 5.32 Å². The molecule has 1 aliphatic rings. The number of carbonyl (C=O) groups is 1. The fourth-order valence-corrected chi connectivity index (χ4v) is 3.87. The van der Waals surface area contributed by atoms with Crippen LogP contribution in [-0.4, -0.2) is 23.9 Å². The van der Waals surface area contributed by atoms with Gasteiger partial charge in [-0.1, -0.05) is 48.5 Å². The Kier molecular flexibility index (Phi) is 5.75. The number of carbonyl (C=O) groups excluding carboxylic acids is 1. The molecule has 1 heterocycles. The quantitative estimate of drug-likeness (QED) is 0.452. The highest BCUT2D eigenvalue weighted by atomic mass is 16.6. The van der Waals surface area contributed by atoms with Crippen LogP contribution in [0.25, 0.3) is 11.1 Å². The number of piperidine rings is 1. The first-order chi connectivity index (χ1) is 14.6. The van der Waals surface area contributed by atoms with Gasteiger partial charge in [0.05, 0.1) is 4.92 Å². The topological polar surface area (TPSA) is 75.5 Å². The number of hydrogen-bond acceptors (Lipinski definition) is 4. The largest absolute Gasteiger partial charge is 0.366 e. The molecular formula is C24H23N3O3. The summed E-state index contributed by atoms with van der Waals surface area (Å²) >= 11 is 0. The maximum atomic E-state index is 12.9. The van der Waals surface area contributed by atoms with E-state index in [0.717, 1.165) is 43.5 Å². The minimum Gasteiger partial charge on any atom is -0.366 e. The molecule has 1 amide bonds. The predicted octanol–water partition coefficient (Wildman–Crippen LogP) is 5.50. The molecule has 6 nitrogen and oxygen atoms in total. The Balaban J connectivity index is 1.62. The third-order valence-corrected chi connectivity index (χ3v) is 5.39. The summed E-state index contributed by atoms with van der Waals surface area (Å²) in [4.78, 5) is 26.2. The van der Waals surface area contributed by atoms with Crippen molar-refractivity contribution >= 4 is 23.0 Å². The monoisotopic (exact) mass is 401 g/mol. The van der Waals surface area contributed by atoms with Crippen LogP contribution in [0.2, 0.25) is 0 Å². The Hall–Kier alpha value is -3.67. The van der Waals surface area contributed by atoms with E-state index in [1.807, 2.05) is 59.5 Å². The standard InChI is InChI=1S/C24H23N3O3/c28-24(25-21-12-6-5-11-20(21)18-9-3-1-4-10-18)19-13-14-22(23(17-19)27(29)30)26-15-7-2-8-16-26/h1,3-6,9-14,17H,2,7-8,15-16H2,(H,25,28). The molecule has 0 bridgehead atoms. The molecule has 0 spiro atoms. The highest BCUT2D eigenvalue weighted by Crippen LogP contribution is 2.32. The second kappa shape index (κ2) is 8.78. The van der Waals surface area contributed by atoms with E-state index in [1.165, 1.54) is 6.07 Å². The molecule has 30 heavy (non-hydrogen) atoms. The minimum absolute atomic E-state index is 0.0269. The first-order valence-electron chi connectivity index (χ1n) is 10.1. The van der Waals surface area contributed by atoms with E-state index in [9.17, 15) is 14.9 Å². The molecule has 1 saturated heterocycles. The van der Waals surface area contributed by atoms with E-state index in [1.54, 1.807) is 12.1 Å². The molecule has 1 fully saturated rings. The Morgan fingerprint density at radius 3 is 2.33 bits per heavy atom. The lowest BCUT2D eigenvalue weighted by Crippen LogP contribution is -2.30. The van der Waals surface area contributed by atoms with Crippen molar-refractivity contribution in [1.82, 2.24) is 0 Å². The smallest absolute Gasteiger partial charge is 0.293 e. The number of benzene rings is 3. The third kappa shape index (κ3) is 4.17. The van der Waals surface area contributed by atoms with Crippen LogP contribution >= 0.6 is 0 Å². The lowest BCUT2D eigenvalue weighted by molar-refractivity contribution is -0.384. The molecule has 152 valence electrons. The maximum Gasteiger partial charge on any atom is 0.293 e. The van der Waals surface area contributed by atoms with Gasteiger partial charge in [-0.3, -0.25) is 14.9 Å². The van der Waals surface area contributed by atoms with Gasteiger partial charge in [0.25, 0.3) is 11.6 Å². The van der Waals surface area contributed by atoms with Gasteiger partial charge in [0.15, 0.2) is 0 Å². The number of nitrogens with zero attached hydrogens (tertiary/aromatic N) is 2. The highest BCUT2D eigenvalue weighted by molar-refractivity contribution is 6.07. The van der Waals surface area contributed by atoms with E-state index in [-0.39, 0.29) is 17.2 Å². The molecule has 3 aromatic carbocycles. The molecule has 0 unspecified atom stereocenters. The highest BCUT2D eigenvalue weighted by Gasteiger charge is 2.23. The van der Waals surface area contributed by atoms with Crippen LogP contribution in [0.15, 0.2) is 72.8 Å². The van der Waals surface area contributed by atoms with Gasteiger partial charge >= 0.3 is 0 Å². The van der Waals surface area contributed by atoms with Crippen molar-refractivity contribution in [2.75, 3.05) is 23.3 Å². The van der Waals surface area contributed by atoms with E-state index in [4.69, 9.17) is 0 Å². The van der Waals surface area contributed by atoms with Crippen molar-refractivity contribution in [3.8, 4) is 11.1 Å². The molecular weight excluding hydrogens is 378 g/mol. The van der Waals surface area contributed by atoms with Gasteiger partial charge in [-0.15, -0.1) is 0 Å². The number of para-hydroxylation sites is 1. The molecule has 0 aromatic heterocycles. The number of hydrogen-bond donors (Lipinski definition) is 1. The Morgan fingerprint density at radius 2 is 1.60 bits per heavy atom. The van der Waals surface area contributed by atoms with Gasteiger partial charge in [0, 0.05) is 36.0 Å². The molecule has 0 atom stereocenters. The van der Waals surface area contributed by atoms with Gasteiger partial charge in [-0.25, -0.2) is 0 Å². The lowest BCUT2D eigenvalue weighted by atomic mass is 10.0. The molecule has 3 aromatic rings. The number of nitro groups is 1. The summed E-state index contributed by atoms with van der Waals surface area (Å²) in [5, 5.41) is 14.6. The molecule has 4 rings (SSSR count). The molecule has 0 aliphatic carbocycles. The van der Waals surface area contributed by atoms with Crippen molar-refractivity contribution in [3.05, 3.63) is 88.5 Å². The van der Waals surface area contributed by atoms with Crippen molar-refractivity contribution in [1.29, 1.82) is 0 Å². The maximum absolute atomic E-state index is 12.9. The van der Waals surface area contributed by atoms with Crippen LogP contribution in [0.1, 0.15) is 29.6 Å². The number of rotatable bonds is 5. The van der Waals surface area contributed by atoms with E-state index < -0.39 is 4.92 Å². The Labute approximate surface area is 175 Å². The second-order valence-corrected chi connectivity index (χ2v) is 7.37. The van der Waals surface area contributed by atoms with Crippen LogP contribution < -0.4 is 10.2 Å². The zero-order chi connectivity index (χ0) is 20.9. The third-order valence-electron chi connectivity index (χ3n) is 5.39. The molecule has 1 N–H and O–H groups in total. The normalized spacial score (nSPS) is 13.7. The zero-order valence-electron chi connectivity index (χ0n) is 16.6. The summed E-state index contributed by atoms with van der Waals surface area (Å²) in [5.41, 5.74) is 3.37. The van der Waals surface area contributed by atoms with Crippen molar-refractivity contribution < 1.29 is 9.72 Å². The molecule has 0 saturated carbocycles. The molecule has 0 radical (unpaired) electrons. The summed E-state index contributed by atoms with van der Waals surface area (Å²) in [6, 6.07) is 22.0. The first-order valence-corrected chi connectivity index (χ1v) is 10.1. The van der Waals surface area contributed by atoms with E-state index >= 15 is 0 Å². The Morgan fingerprint density at radius 1 is 0.900 bits per heavy atom. The number of amides is 1.